The summed E-state index contributed by atoms with van der Waals surface area (Å²) in [7, 11) is 0. The van der Waals surface area contributed by atoms with Gasteiger partial charge >= 0.3 is 6.01 Å². The Morgan fingerprint density at radius 1 is 1.23 bits per heavy atom. The Morgan fingerprint density at radius 2 is 2.09 bits per heavy atom. The quantitative estimate of drug-likeness (QED) is 0.579. The lowest BCUT2D eigenvalue weighted by molar-refractivity contribution is -0.384. The van der Waals surface area contributed by atoms with Gasteiger partial charge in [-0.2, -0.15) is 0 Å². The fourth-order valence-electron chi connectivity index (χ4n) is 1.70. The van der Waals surface area contributed by atoms with Crippen LogP contribution in [0.15, 0.2) is 51.5 Å². The lowest BCUT2D eigenvalue weighted by atomic mass is 10.2. The van der Waals surface area contributed by atoms with Crippen molar-refractivity contribution < 1.29 is 18.6 Å². The minimum Gasteiger partial charge on any atom is -0.459 e. The Kier molecular flexibility index (Phi) is 3.36. The third-order valence-electron chi connectivity index (χ3n) is 2.70. The van der Waals surface area contributed by atoms with Gasteiger partial charge in [-0.05, 0) is 18.2 Å². The van der Waals surface area contributed by atoms with Crippen LogP contribution < -0.4 is 5.32 Å². The molecule has 0 aliphatic rings. The predicted octanol–water partition coefficient (Wildman–Crippen LogP) is 2.49. The largest absolute Gasteiger partial charge is 0.459 e. The fraction of sp³-hybridized carbons (Fsp3) is 0. The molecule has 3 aromatic rings. The summed E-state index contributed by atoms with van der Waals surface area (Å²) in [4.78, 5) is 22.1. The van der Waals surface area contributed by atoms with Crippen LogP contribution in [0.1, 0.15) is 10.4 Å². The number of hydrogen-bond donors (Lipinski definition) is 1. The normalized spacial score (nSPS) is 10.4. The molecule has 3 rings (SSSR count). The van der Waals surface area contributed by atoms with Crippen molar-refractivity contribution in [2.45, 2.75) is 0 Å². The van der Waals surface area contributed by atoms with Gasteiger partial charge < -0.3 is 8.83 Å². The summed E-state index contributed by atoms with van der Waals surface area (Å²) in [6, 6.07) is 8.43. The molecule has 1 aromatic carbocycles. The predicted molar refractivity (Wildman–Crippen MR) is 73.0 cm³/mol. The Labute approximate surface area is 122 Å². The van der Waals surface area contributed by atoms with Gasteiger partial charge in [0, 0.05) is 17.7 Å². The van der Waals surface area contributed by atoms with Crippen molar-refractivity contribution in [2.24, 2.45) is 0 Å². The number of non-ortho nitro benzene ring substituents is 1. The van der Waals surface area contributed by atoms with E-state index >= 15 is 0 Å². The molecule has 110 valence electrons. The Morgan fingerprint density at radius 3 is 2.82 bits per heavy atom. The zero-order chi connectivity index (χ0) is 15.5. The number of nitro benzene ring substituents is 1. The molecule has 2 aromatic heterocycles. The van der Waals surface area contributed by atoms with Crippen LogP contribution in [0.4, 0.5) is 11.7 Å². The molecule has 9 heteroatoms. The highest BCUT2D eigenvalue weighted by atomic mass is 16.6. The van der Waals surface area contributed by atoms with Gasteiger partial charge in [0.15, 0.2) is 5.76 Å². The lowest BCUT2D eigenvalue weighted by Crippen LogP contribution is -2.12. The summed E-state index contributed by atoms with van der Waals surface area (Å²) in [5, 5.41) is 20.4. The van der Waals surface area contributed by atoms with Crippen LogP contribution in [0.2, 0.25) is 0 Å². The molecule has 0 atom stereocenters. The maximum Gasteiger partial charge on any atom is 0.322 e. The molecular formula is C13H8N4O5. The van der Waals surface area contributed by atoms with E-state index in [2.05, 4.69) is 15.5 Å². The number of furan rings is 1. The van der Waals surface area contributed by atoms with E-state index in [0.29, 0.717) is 5.76 Å². The summed E-state index contributed by atoms with van der Waals surface area (Å²) >= 11 is 0. The zero-order valence-corrected chi connectivity index (χ0v) is 10.9. The van der Waals surface area contributed by atoms with Crippen LogP contribution in [0.3, 0.4) is 0 Å². The van der Waals surface area contributed by atoms with E-state index in [0.717, 1.165) is 6.07 Å². The fourth-order valence-corrected chi connectivity index (χ4v) is 1.70. The molecule has 1 amide bonds. The minimum absolute atomic E-state index is 0.104. The second-order valence-electron chi connectivity index (χ2n) is 4.15. The van der Waals surface area contributed by atoms with E-state index < -0.39 is 10.8 Å². The summed E-state index contributed by atoms with van der Waals surface area (Å²) in [5.41, 5.74) is -0.0820. The van der Waals surface area contributed by atoms with Gasteiger partial charge in [0.2, 0.25) is 0 Å². The standard InChI is InChI=1S/C13H8N4O5/c18-11(8-3-1-4-9(7-8)17(19)20)14-13-16-15-12(22-13)10-5-2-6-21-10/h1-7H,(H,14,16,18). The molecule has 0 saturated heterocycles. The number of nitro groups is 1. The molecule has 9 nitrogen and oxygen atoms in total. The minimum atomic E-state index is -0.599. The number of anilines is 1. The monoisotopic (exact) mass is 300 g/mol. The highest BCUT2D eigenvalue weighted by molar-refractivity contribution is 6.03. The van der Waals surface area contributed by atoms with E-state index in [4.69, 9.17) is 8.83 Å². The first-order chi connectivity index (χ1) is 10.6. The number of nitrogens with one attached hydrogen (secondary N) is 1. The van der Waals surface area contributed by atoms with Gasteiger partial charge in [-0.25, -0.2) is 0 Å². The number of carbonyl (C=O) groups is 1. The van der Waals surface area contributed by atoms with Crippen molar-refractivity contribution in [2.75, 3.05) is 5.32 Å². The smallest absolute Gasteiger partial charge is 0.322 e. The average molecular weight is 300 g/mol. The molecule has 0 aliphatic heterocycles. The number of aromatic nitrogens is 2. The first kappa shape index (κ1) is 13.5. The van der Waals surface area contributed by atoms with Gasteiger partial charge in [0.05, 0.1) is 11.2 Å². The van der Waals surface area contributed by atoms with Crippen LogP contribution >= 0.6 is 0 Å². The van der Waals surface area contributed by atoms with Crippen LogP contribution in [0.5, 0.6) is 0 Å². The maximum atomic E-state index is 12.0. The zero-order valence-electron chi connectivity index (χ0n) is 10.9. The summed E-state index contributed by atoms with van der Waals surface area (Å²) < 4.78 is 10.3. The number of nitrogens with zero attached hydrogens (tertiary/aromatic N) is 3. The molecule has 2 heterocycles. The second-order valence-corrected chi connectivity index (χ2v) is 4.15. The third-order valence-corrected chi connectivity index (χ3v) is 2.70. The molecule has 0 spiro atoms. The van der Waals surface area contributed by atoms with Crippen molar-refractivity contribution in [3.05, 3.63) is 58.3 Å². The molecule has 0 aliphatic carbocycles. The summed E-state index contributed by atoms with van der Waals surface area (Å²) in [6.07, 6.45) is 1.45. The lowest BCUT2D eigenvalue weighted by Gasteiger charge is -2.00. The average Bonchev–Trinajstić information content (AvgIpc) is 3.18. The number of amides is 1. The Balaban J connectivity index is 1.77. The third kappa shape index (κ3) is 2.68. The Bertz CT molecular complexity index is 825. The van der Waals surface area contributed by atoms with Gasteiger partial charge in [-0.1, -0.05) is 11.2 Å². The van der Waals surface area contributed by atoms with Crippen LogP contribution in [-0.4, -0.2) is 21.0 Å². The van der Waals surface area contributed by atoms with Crippen LogP contribution in [0, 0.1) is 10.1 Å². The van der Waals surface area contributed by atoms with Crippen molar-refractivity contribution in [1.82, 2.24) is 10.2 Å². The van der Waals surface area contributed by atoms with E-state index in [9.17, 15) is 14.9 Å². The second kappa shape index (κ2) is 5.48. The van der Waals surface area contributed by atoms with Gasteiger partial charge in [-0.3, -0.25) is 20.2 Å². The molecule has 1 N–H and O–H groups in total. The van der Waals surface area contributed by atoms with E-state index in [-0.39, 0.29) is 23.2 Å². The highest BCUT2D eigenvalue weighted by Crippen LogP contribution is 2.20. The van der Waals surface area contributed by atoms with Crippen molar-refractivity contribution in [1.29, 1.82) is 0 Å². The number of benzene rings is 1. The molecule has 22 heavy (non-hydrogen) atoms. The maximum absolute atomic E-state index is 12.0. The molecule has 0 radical (unpaired) electrons. The topological polar surface area (TPSA) is 124 Å². The van der Waals surface area contributed by atoms with Gasteiger partial charge in [0.25, 0.3) is 17.5 Å². The molecule has 0 bridgehead atoms. The van der Waals surface area contributed by atoms with Crippen molar-refractivity contribution in [3.8, 4) is 11.7 Å². The van der Waals surface area contributed by atoms with Crippen LogP contribution in [-0.2, 0) is 0 Å². The van der Waals surface area contributed by atoms with E-state index in [1.807, 2.05) is 0 Å². The van der Waals surface area contributed by atoms with Crippen molar-refractivity contribution >= 4 is 17.6 Å². The number of carbonyl (C=O) groups excluding carboxylic acids is 1. The summed E-state index contributed by atoms with van der Waals surface area (Å²) in [6.45, 7) is 0. The molecule has 0 unspecified atom stereocenters. The number of rotatable bonds is 4. The van der Waals surface area contributed by atoms with E-state index in [1.54, 1.807) is 12.1 Å². The first-order valence-corrected chi connectivity index (χ1v) is 6.06. The van der Waals surface area contributed by atoms with Crippen molar-refractivity contribution in [3.63, 3.8) is 0 Å². The van der Waals surface area contributed by atoms with Gasteiger partial charge in [-0.15, -0.1) is 5.10 Å². The summed E-state index contributed by atoms with van der Waals surface area (Å²) in [5.74, 6) is -0.124. The van der Waals surface area contributed by atoms with E-state index in [1.165, 1.54) is 24.5 Å². The van der Waals surface area contributed by atoms with Crippen LogP contribution in [0.25, 0.3) is 11.7 Å². The number of hydrogen-bond acceptors (Lipinski definition) is 7. The molecule has 0 saturated carbocycles. The first-order valence-electron chi connectivity index (χ1n) is 6.06. The Hall–Kier alpha value is -3.49. The molecular weight excluding hydrogens is 292 g/mol. The van der Waals surface area contributed by atoms with Gasteiger partial charge in [0.1, 0.15) is 0 Å². The highest BCUT2D eigenvalue weighted by Gasteiger charge is 2.16. The molecule has 0 fully saturated rings. The SMILES string of the molecule is O=C(Nc1nnc(-c2ccco2)o1)c1cccc([N+](=O)[O-])c1.